The number of carbonyl (C=O) groups excluding carboxylic acids is 1. The van der Waals surface area contributed by atoms with Gasteiger partial charge in [-0.1, -0.05) is 44.4 Å². The van der Waals surface area contributed by atoms with Gasteiger partial charge in [-0.05, 0) is 25.0 Å². The number of carbonyl (C=O) groups is 1. The third kappa shape index (κ3) is 3.35. The van der Waals surface area contributed by atoms with E-state index in [9.17, 15) is 13.2 Å². The highest BCUT2D eigenvalue weighted by Gasteiger charge is 2.44. The van der Waals surface area contributed by atoms with E-state index in [2.05, 4.69) is 0 Å². The van der Waals surface area contributed by atoms with E-state index in [0.717, 1.165) is 25.7 Å². The first-order chi connectivity index (χ1) is 11.5. The molecule has 0 bridgehead atoms. The van der Waals surface area contributed by atoms with Crippen LogP contribution in [-0.4, -0.2) is 54.5 Å². The number of nitrogens with zero attached hydrogens (tertiary/aromatic N) is 2. The van der Waals surface area contributed by atoms with Crippen LogP contribution in [0.5, 0.6) is 0 Å². The van der Waals surface area contributed by atoms with Gasteiger partial charge in [0.15, 0.2) is 0 Å². The van der Waals surface area contributed by atoms with E-state index in [1.165, 1.54) is 6.42 Å². The topological polar surface area (TPSA) is 57.7 Å². The molecule has 0 aromatic heterocycles. The number of sulfonamides is 1. The summed E-state index contributed by atoms with van der Waals surface area (Å²) in [5, 5.41) is -0.452. The minimum absolute atomic E-state index is 0.0808. The Labute approximate surface area is 144 Å². The van der Waals surface area contributed by atoms with Gasteiger partial charge in [0.1, 0.15) is 5.25 Å². The molecule has 1 heterocycles. The average molecular weight is 350 g/mol. The highest BCUT2D eigenvalue weighted by Crippen LogP contribution is 2.29. The molecular formula is C18H26N2O3S. The number of likely N-dealkylation sites (tertiary alicyclic amines) is 1. The van der Waals surface area contributed by atoms with Crippen molar-refractivity contribution in [2.45, 2.75) is 50.3 Å². The van der Waals surface area contributed by atoms with Gasteiger partial charge in [0, 0.05) is 31.2 Å². The molecule has 0 spiro atoms. The predicted molar refractivity (Wildman–Crippen MR) is 94.3 cm³/mol. The molecule has 1 saturated heterocycles. The second kappa shape index (κ2) is 7.23. The molecule has 1 saturated carbocycles. The standard InChI is InChI=1S/C18H26N2O3S/c1-2-20(16-11-7-4-8-12-16)24(22,23)17-13-19(14-17)18(21)15-9-5-3-6-10-15/h3,5-6,9-10,16-17H,2,4,7-8,11-14H2,1H3. The van der Waals surface area contributed by atoms with Crippen molar-refractivity contribution in [3.05, 3.63) is 35.9 Å². The predicted octanol–water partition coefficient (Wildman–Crippen LogP) is 2.50. The molecule has 5 nitrogen and oxygen atoms in total. The van der Waals surface area contributed by atoms with Gasteiger partial charge in [0.2, 0.25) is 10.0 Å². The van der Waals surface area contributed by atoms with Gasteiger partial charge in [0.25, 0.3) is 5.91 Å². The smallest absolute Gasteiger partial charge is 0.253 e. The van der Waals surface area contributed by atoms with E-state index in [1.807, 2.05) is 25.1 Å². The molecule has 1 aromatic rings. The molecule has 6 heteroatoms. The molecule has 1 aliphatic heterocycles. The maximum absolute atomic E-state index is 12.9. The lowest BCUT2D eigenvalue weighted by Crippen LogP contribution is -2.61. The quantitative estimate of drug-likeness (QED) is 0.820. The Bertz CT molecular complexity index is 663. The van der Waals surface area contributed by atoms with Crippen LogP contribution in [0.15, 0.2) is 30.3 Å². The van der Waals surface area contributed by atoms with Crippen LogP contribution in [0.3, 0.4) is 0 Å². The van der Waals surface area contributed by atoms with Gasteiger partial charge in [-0.15, -0.1) is 0 Å². The van der Waals surface area contributed by atoms with Crippen molar-refractivity contribution in [3.63, 3.8) is 0 Å². The lowest BCUT2D eigenvalue weighted by molar-refractivity contribution is 0.0653. The van der Waals surface area contributed by atoms with E-state index in [4.69, 9.17) is 0 Å². The Hall–Kier alpha value is -1.40. The lowest BCUT2D eigenvalue weighted by atomic mass is 9.95. The summed E-state index contributed by atoms with van der Waals surface area (Å²) in [5.74, 6) is -0.0808. The number of hydrogen-bond acceptors (Lipinski definition) is 3. The third-order valence-electron chi connectivity index (χ3n) is 5.20. The minimum Gasteiger partial charge on any atom is -0.336 e. The Morgan fingerprint density at radius 3 is 2.33 bits per heavy atom. The zero-order chi connectivity index (χ0) is 17.2. The van der Waals surface area contributed by atoms with Crippen molar-refractivity contribution in [2.24, 2.45) is 0 Å². The first-order valence-electron chi connectivity index (χ1n) is 8.89. The molecule has 2 fully saturated rings. The Morgan fingerprint density at radius 1 is 1.12 bits per heavy atom. The van der Waals surface area contributed by atoms with Crippen molar-refractivity contribution in [2.75, 3.05) is 19.6 Å². The molecule has 1 aliphatic carbocycles. The number of rotatable bonds is 5. The monoisotopic (exact) mass is 350 g/mol. The summed E-state index contributed by atoms with van der Waals surface area (Å²) in [5.41, 5.74) is 0.618. The summed E-state index contributed by atoms with van der Waals surface area (Å²) in [6.45, 7) is 3.05. The molecular weight excluding hydrogens is 324 g/mol. The minimum atomic E-state index is -3.32. The first kappa shape index (κ1) is 17.4. The number of hydrogen-bond donors (Lipinski definition) is 0. The Morgan fingerprint density at radius 2 is 1.75 bits per heavy atom. The summed E-state index contributed by atoms with van der Waals surface area (Å²) in [4.78, 5) is 14.0. The first-order valence-corrected chi connectivity index (χ1v) is 10.4. The van der Waals surface area contributed by atoms with Crippen LogP contribution < -0.4 is 0 Å². The van der Waals surface area contributed by atoms with Gasteiger partial charge in [0.05, 0.1) is 0 Å². The van der Waals surface area contributed by atoms with Crippen LogP contribution in [0.4, 0.5) is 0 Å². The second-order valence-electron chi connectivity index (χ2n) is 6.74. The number of benzene rings is 1. The number of amides is 1. The third-order valence-corrected chi connectivity index (χ3v) is 7.55. The SMILES string of the molecule is CCN(C1CCCCC1)S(=O)(=O)C1CN(C(=O)c2ccccc2)C1. The molecule has 0 radical (unpaired) electrons. The molecule has 0 atom stereocenters. The largest absolute Gasteiger partial charge is 0.336 e. The van der Waals surface area contributed by atoms with Crippen molar-refractivity contribution in [1.29, 1.82) is 0 Å². The van der Waals surface area contributed by atoms with E-state index in [0.29, 0.717) is 25.2 Å². The molecule has 2 aliphatic rings. The lowest BCUT2D eigenvalue weighted by Gasteiger charge is -2.43. The zero-order valence-corrected chi connectivity index (χ0v) is 15.0. The van der Waals surface area contributed by atoms with E-state index in [-0.39, 0.29) is 11.9 Å². The van der Waals surface area contributed by atoms with Crippen LogP contribution in [0.1, 0.15) is 49.4 Å². The summed E-state index contributed by atoms with van der Waals surface area (Å²) in [6, 6.07) is 9.19. The normalized spacial score (nSPS) is 20.2. The fourth-order valence-electron chi connectivity index (χ4n) is 3.76. The highest BCUT2D eigenvalue weighted by molar-refractivity contribution is 7.89. The van der Waals surface area contributed by atoms with Crippen LogP contribution >= 0.6 is 0 Å². The Kier molecular flexibility index (Phi) is 5.25. The average Bonchev–Trinajstić information content (AvgIpc) is 2.55. The van der Waals surface area contributed by atoms with Crippen LogP contribution in [-0.2, 0) is 10.0 Å². The fourth-order valence-corrected chi connectivity index (χ4v) is 5.87. The highest BCUT2D eigenvalue weighted by atomic mass is 32.2. The van der Waals surface area contributed by atoms with Crippen LogP contribution in [0, 0.1) is 0 Å². The van der Waals surface area contributed by atoms with E-state index in [1.54, 1.807) is 21.3 Å². The van der Waals surface area contributed by atoms with Crippen LogP contribution in [0.2, 0.25) is 0 Å². The van der Waals surface area contributed by atoms with Gasteiger partial charge in [-0.3, -0.25) is 4.79 Å². The summed E-state index contributed by atoms with van der Waals surface area (Å²) >= 11 is 0. The molecule has 0 N–H and O–H groups in total. The fraction of sp³-hybridized carbons (Fsp3) is 0.611. The second-order valence-corrected chi connectivity index (χ2v) is 8.90. The zero-order valence-electron chi connectivity index (χ0n) is 14.2. The van der Waals surface area contributed by atoms with Crippen molar-refractivity contribution < 1.29 is 13.2 Å². The van der Waals surface area contributed by atoms with E-state index >= 15 is 0 Å². The molecule has 3 rings (SSSR count). The van der Waals surface area contributed by atoms with Crippen molar-refractivity contribution >= 4 is 15.9 Å². The van der Waals surface area contributed by atoms with Gasteiger partial charge >= 0.3 is 0 Å². The molecule has 1 aromatic carbocycles. The van der Waals surface area contributed by atoms with Crippen LogP contribution in [0.25, 0.3) is 0 Å². The van der Waals surface area contributed by atoms with Gasteiger partial charge in [-0.25, -0.2) is 8.42 Å². The summed E-state index contributed by atoms with van der Waals surface area (Å²) in [6.07, 6.45) is 5.36. The van der Waals surface area contributed by atoms with Gasteiger partial charge < -0.3 is 4.90 Å². The molecule has 24 heavy (non-hydrogen) atoms. The molecule has 0 unspecified atom stereocenters. The summed E-state index contributed by atoms with van der Waals surface area (Å²) in [7, 11) is -3.32. The maximum atomic E-state index is 12.9. The van der Waals surface area contributed by atoms with E-state index < -0.39 is 15.3 Å². The summed E-state index contributed by atoms with van der Waals surface area (Å²) < 4.78 is 27.6. The van der Waals surface area contributed by atoms with Gasteiger partial charge in [-0.2, -0.15) is 4.31 Å². The molecule has 1 amide bonds. The van der Waals surface area contributed by atoms with Crippen molar-refractivity contribution in [1.82, 2.24) is 9.21 Å². The molecule has 132 valence electrons. The maximum Gasteiger partial charge on any atom is 0.253 e. The van der Waals surface area contributed by atoms with Crippen molar-refractivity contribution in [3.8, 4) is 0 Å². The Balaban J connectivity index is 1.64.